The molecule has 0 aliphatic heterocycles. The van der Waals surface area contributed by atoms with Gasteiger partial charge in [0, 0.05) is 16.7 Å². The molecule has 2 aromatic rings. The number of hydrogen-bond donors (Lipinski definition) is 0. The monoisotopic (exact) mass is 356 g/mol. The maximum atomic E-state index is 12.7. The van der Waals surface area contributed by atoms with E-state index in [-0.39, 0.29) is 0 Å². The van der Waals surface area contributed by atoms with Crippen molar-refractivity contribution in [2.45, 2.75) is 26.7 Å². The number of ketones is 2. The van der Waals surface area contributed by atoms with E-state index < -0.39 is 11.6 Å². The van der Waals surface area contributed by atoms with Crippen LogP contribution < -0.4 is 0 Å². The highest BCUT2D eigenvalue weighted by Crippen LogP contribution is 2.43. The van der Waals surface area contributed by atoms with E-state index in [2.05, 4.69) is 22.0 Å². The van der Waals surface area contributed by atoms with Crippen LogP contribution in [0.3, 0.4) is 0 Å². The molecule has 1 heterocycles. The van der Waals surface area contributed by atoms with Crippen molar-refractivity contribution in [3.05, 3.63) is 50.7 Å². The molecule has 0 fully saturated rings. The van der Waals surface area contributed by atoms with Crippen LogP contribution in [0.2, 0.25) is 0 Å². The Bertz CT molecular complexity index is 900. The lowest BCUT2D eigenvalue weighted by atomic mass is 9.79. The summed E-state index contributed by atoms with van der Waals surface area (Å²) in [5, 5.41) is 0. The van der Waals surface area contributed by atoms with Gasteiger partial charge in [0.25, 0.3) is 0 Å². The number of carbonyl (C=O) groups is 2. The number of allylic oxidation sites excluding steroid dienone is 2. The number of hydrogen-bond acceptors (Lipinski definition) is 3. The molecule has 0 atom stereocenters. The van der Waals surface area contributed by atoms with Crippen LogP contribution in [0.25, 0.3) is 16.9 Å². The minimum Gasteiger partial charge on any atom is -0.448 e. The second-order valence-electron chi connectivity index (χ2n) is 5.80. The molecule has 22 heavy (non-hydrogen) atoms. The summed E-state index contributed by atoms with van der Waals surface area (Å²) in [5.74, 6) is -0.362. The lowest BCUT2D eigenvalue weighted by Crippen LogP contribution is -2.23. The first-order valence-corrected chi connectivity index (χ1v) is 8.01. The third kappa shape index (κ3) is 1.61. The van der Waals surface area contributed by atoms with Crippen molar-refractivity contribution in [1.29, 1.82) is 0 Å². The Hall–Kier alpha value is -1.94. The van der Waals surface area contributed by atoms with E-state index in [9.17, 15) is 9.59 Å². The van der Waals surface area contributed by atoms with Crippen LogP contribution in [0.1, 0.15) is 50.8 Å². The first kappa shape index (κ1) is 13.7. The average molecular weight is 357 g/mol. The van der Waals surface area contributed by atoms with Crippen LogP contribution in [0.15, 0.2) is 27.3 Å². The highest BCUT2D eigenvalue weighted by atomic mass is 79.9. The van der Waals surface area contributed by atoms with Gasteiger partial charge in [0.1, 0.15) is 5.76 Å². The second kappa shape index (κ2) is 4.53. The van der Waals surface area contributed by atoms with Gasteiger partial charge < -0.3 is 4.42 Å². The first-order valence-electron chi connectivity index (χ1n) is 7.22. The van der Waals surface area contributed by atoms with Crippen LogP contribution in [-0.4, -0.2) is 11.6 Å². The summed E-state index contributed by atoms with van der Waals surface area (Å²) < 4.78 is 6.24. The maximum Gasteiger partial charge on any atom is 0.237 e. The number of fused-ring (bicyclic) bond motifs is 5. The van der Waals surface area contributed by atoms with Gasteiger partial charge in [0.15, 0.2) is 4.67 Å². The standard InChI is InChI=1S/C18H13BrO3/c1-8-4-3-5-11-10(8)6-7-12-14(11)16(21)15(20)13-9(2)18(19)22-17(12)13/h4,6-7H,3,5H2,1-2H3. The Morgan fingerprint density at radius 3 is 2.50 bits per heavy atom. The fourth-order valence-corrected chi connectivity index (χ4v) is 3.80. The Morgan fingerprint density at radius 2 is 1.73 bits per heavy atom. The van der Waals surface area contributed by atoms with Crippen molar-refractivity contribution in [1.82, 2.24) is 0 Å². The number of Topliss-reactive ketones (excluding diaryl/α,β-unsaturated/α-hetero) is 2. The van der Waals surface area contributed by atoms with Crippen LogP contribution >= 0.6 is 15.9 Å². The second-order valence-corrected chi connectivity index (χ2v) is 6.52. The van der Waals surface area contributed by atoms with Crippen molar-refractivity contribution in [2.24, 2.45) is 0 Å². The van der Waals surface area contributed by atoms with E-state index in [4.69, 9.17) is 4.42 Å². The third-order valence-electron chi connectivity index (χ3n) is 4.58. The van der Waals surface area contributed by atoms with E-state index in [1.165, 1.54) is 0 Å². The molecule has 0 amide bonds. The van der Waals surface area contributed by atoms with Gasteiger partial charge >= 0.3 is 0 Å². The van der Waals surface area contributed by atoms with Crippen molar-refractivity contribution in [3.8, 4) is 11.3 Å². The number of rotatable bonds is 0. The van der Waals surface area contributed by atoms with E-state index in [0.29, 0.717) is 27.1 Å². The third-order valence-corrected chi connectivity index (χ3v) is 5.33. The van der Waals surface area contributed by atoms with Crippen LogP contribution in [-0.2, 0) is 6.42 Å². The number of benzene rings is 1. The summed E-state index contributed by atoms with van der Waals surface area (Å²) in [6.45, 7) is 3.83. The first-order chi connectivity index (χ1) is 10.5. The van der Waals surface area contributed by atoms with Crippen molar-refractivity contribution in [2.75, 3.05) is 0 Å². The smallest absolute Gasteiger partial charge is 0.237 e. The molecule has 2 aliphatic rings. The molecule has 0 radical (unpaired) electrons. The van der Waals surface area contributed by atoms with Gasteiger partial charge in [-0.15, -0.1) is 0 Å². The molecule has 1 aromatic carbocycles. The molecule has 0 unspecified atom stereocenters. The van der Waals surface area contributed by atoms with Gasteiger partial charge in [-0.2, -0.15) is 0 Å². The van der Waals surface area contributed by atoms with Crippen LogP contribution in [0.4, 0.5) is 0 Å². The molecule has 0 saturated heterocycles. The number of halogens is 1. The SMILES string of the molecule is CC1=CCCc2c1ccc1c2C(=O)C(=O)c2c-1oc(Br)c2C. The van der Waals surface area contributed by atoms with Gasteiger partial charge in [0.2, 0.25) is 11.6 Å². The molecule has 0 bridgehead atoms. The quantitative estimate of drug-likeness (QED) is 0.640. The van der Waals surface area contributed by atoms with Crippen LogP contribution in [0.5, 0.6) is 0 Å². The molecule has 4 rings (SSSR count). The van der Waals surface area contributed by atoms with Gasteiger partial charge in [-0.1, -0.05) is 12.1 Å². The predicted molar refractivity (Wildman–Crippen MR) is 87.2 cm³/mol. The summed E-state index contributed by atoms with van der Waals surface area (Å²) in [5.41, 5.74) is 5.56. The lowest BCUT2D eigenvalue weighted by Gasteiger charge is -2.23. The van der Waals surface area contributed by atoms with Gasteiger partial charge in [0.05, 0.1) is 5.56 Å². The fourth-order valence-electron chi connectivity index (χ4n) is 3.44. The molecule has 3 nitrogen and oxygen atoms in total. The average Bonchev–Trinajstić information content (AvgIpc) is 2.80. The minimum absolute atomic E-state index is 0.396. The zero-order valence-electron chi connectivity index (χ0n) is 12.2. The molecule has 0 spiro atoms. The Kier molecular flexibility index (Phi) is 2.82. The van der Waals surface area contributed by atoms with Gasteiger partial charge in [-0.3, -0.25) is 9.59 Å². The fraction of sp³-hybridized carbons (Fsp3) is 0.222. The van der Waals surface area contributed by atoms with E-state index in [0.717, 1.165) is 35.1 Å². The zero-order chi connectivity index (χ0) is 15.6. The largest absolute Gasteiger partial charge is 0.448 e. The molecule has 110 valence electrons. The van der Waals surface area contributed by atoms with E-state index in [1.807, 2.05) is 19.1 Å². The number of furan rings is 1. The van der Waals surface area contributed by atoms with E-state index >= 15 is 0 Å². The van der Waals surface area contributed by atoms with Crippen molar-refractivity contribution in [3.63, 3.8) is 0 Å². The normalized spacial score (nSPS) is 16.0. The van der Waals surface area contributed by atoms with E-state index in [1.54, 1.807) is 6.92 Å². The minimum atomic E-state index is -0.463. The zero-order valence-corrected chi connectivity index (χ0v) is 13.8. The summed E-state index contributed by atoms with van der Waals surface area (Å²) in [7, 11) is 0. The Balaban J connectivity index is 2.10. The summed E-state index contributed by atoms with van der Waals surface area (Å²) >= 11 is 3.32. The molecule has 4 heteroatoms. The predicted octanol–water partition coefficient (Wildman–Crippen LogP) is 4.75. The summed E-state index contributed by atoms with van der Waals surface area (Å²) in [4.78, 5) is 25.2. The molecule has 0 N–H and O–H groups in total. The van der Waals surface area contributed by atoms with Crippen molar-refractivity contribution >= 4 is 33.1 Å². The Labute approximate surface area is 136 Å². The maximum absolute atomic E-state index is 12.7. The van der Waals surface area contributed by atoms with Crippen molar-refractivity contribution < 1.29 is 14.0 Å². The summed E-state index contributed by atoms with van der Waals surface area (Å²) in [6, 6.07) is 3.92. The molecule has 2 aliphatic carbocycles. The lowest BCUT2D eigenvalue weighted by molar-refractivity contribution is 0.0813. The highest BCUT2D eigenvalue weighted by molar-refractivity contribution is 9.10. The topological polar surface area (TPSA) is 47.3 Å². The molecular weight excluding hydrogens is 344 g/mol. The summed E-state index contributed by atoms with van der Waals surface area (Å²) in [6.07, 6.45) is 3.85. The highest BCUT2D eigenvalue weighted by Gasteiger charge is 2.38. The molecule has 0 saturated carbocycles. The van der Waals surface area contributed by atoms with Gasteiger partial charge in [-0.25, -0.2) is 0 Å². The van der Waals surface area contributed by atoms with Crippen LogP contribution in [0, 0.1) is 6.92 Å². The molecule has 1 aromatic heterocycles. The molecular formula is C18H13BrO3. The Morgan fingerprint density at radius 1 is 1.05 bits per heavy atom. The van der Waals surface area contributed by atoms with Gasteiger partial charge in [-0.05, 0) is 65.4 Å². The number of carbonyl (C=O) groups excluding carboxylic acids is 2.